The zero-order valence-corrected chi connectivity index (χ0v) is 14.5. The van der Waals surface area contributed by atoms with Gasteiger partial charge in [0, 0.05) is 42.2 Å². The molecule has 26 heavy (non-hydrogen) atoms. The van der Waals surface area contributed by atoms with Crippen molar-refractivity contribution in [1.82, 2.24) is 15.0 Å². The molecule has 0 saturated heterocycles. The van der Waals surface area contributed by atoms with Crippen molar-refractivity contribution >= 4 is 17.3 Å². The number of carbonyl (C=O) groups excluding carboxylic acids is 1. The third kappa shape index (κ3) is 3.30. The standard InChI is InChI=1S/C18H17N5O3/c1-10-7-15(21-12(3)24)16(23(25)26)8-14(10)18-20-11(2)17(22-18)13-5-4-6-19-9-13/h4-9H,1-3H3,(H,20,22)(H,21,24). The zero-order valence-electron chi connectivity index (χ0n) is 14.5. The predicted molar refractivity (Wildman–Crippen MR) is 97.7 cm³/mol. The van der Waals surface area contributed by atoms with E-state index < -0.39 is 4.92 Å². The Balaban J connectivity index is 2.11. The molecule has 0 saturated carbocycles. The van der Waals surface area contributed by atoms with Crippen molar-refractivity contribution in [3.8, 4) is 22.6 Å². The third-order valence-corrected chi connectivity index (χ3v) is 3.92. The average molecular weight is 351 g/mol. The largest absolute Gasteiger partial charge is 0.342 e. The third-order valence-electron chi connectivity index (χ3n) is 3.92. The summed E-state index contributed by atoms with van der Waals surface area (Å²) >= 11 is 0. The van der Waals surface area contributed by atoms with E-state index in [-0.39, 0.29) is 17.3 Å². The van der Waals surface area contributed by atoms with Gasteiger partial charge in [-0.05, 0) is 37.6 Å². The van der Waals surface area contributed by atoms with Gasteiger partial charge in [-0.25, -0.2) is 4.98 Å². The number of aromatic nitrogens is 3. The summed E-state index contributed by atoms with van der Waals surface area (Å²) in [4.78, 5) is 34.1. The van der Waals surface area contributed by atoms with Crippen LogP contribution in [-0.4, -0.2) is 25.8 Å². The Labute approximate surface area is 149 Å². The van der Waals surface area contributed by atoms with Gasteiger partial charge < -0.3 is 10.3 Å². The van der Waals surface area contributed by atoms with Gasteiger partial charge in [0.2, 0.25) is 5.91 Å². The first-order chi connectivity index (χ1) is 12.4. The molecule has 0 radical (unpaired) electrons. The second kappa shape index (κ2) is 6.75. The fraction of sp³-hybridized carbons (Fsp3) is 0.167. The summed E-state index contributed by atoms with van der Waals surface area (Å²) in [6.07, 6.45) is 3.39. The van der Waals surface area contributed by atoms with Crippen LogP contribution in [0.25, 0.3) is 22.6 Å². The number of H-pyrrole nitrogens is 1. The average Bonchev–Trinajstić information content (AvgIpc) is 2.96. The van der Waals surface area contributed by atoms with Crippen LogP contribution in [0.4, 0.5) is 11.4 Å². The van der Waals surface area contributed by atoms with Gasteiger partial charge in [0.1, 0.15) is 11.5 Å². The fourth-order valence-electron chi connectivity index (χ4n) is 2.76. The van der Waals surface area contributed by atoms with Crippen molar-refractivity contribution in [3.63, 3.8) is 0 Å². The van der Waals surface area contributed by atoms with E-state index in [1.165, 1.54) is 13.0 Å². The second-order valence-corrected chi connectivity index (χ2v) is 5.92. The van der Waals surface area contributed by atoms with E-state index in [1.54, 1.807) is 18.5 Å². The number of rotatable bonds is 4. The molecule has 0 atom stereocenters. The van der Waals surface area contributed by atoms with Gasteiger partial charge >= 0.3 is 0 Å². The van der Waals surface area contributed by atoms with Crippen LogP contribution in [0.1, 0.15) is 18.2 Å². The van der Waals surface area contributed by atoms with Crippen LogP contribution >= 0.6 is 0 Å². The number of anilines is 1. The van der Waals surface area contributed by atoms with Gasteiger partial charge in [0.15, 0.2) is 0 Å². The number of benzene rings is 1. The highest BCUT2D eigenvalue weighted by Gasteiger charge is 2.20. The van der Waals surface area contributed by atoms with Crippen LogP contribution in [0, 0.1) is 24.0 Å². The molecule has 2 N–H and O–H groups in total. The maximum Gasteiger partial charge on any atom is 0.293 e. The van der Waals surface area contributed by atoms with E-state index in [2.05, 4.69) is 20.3 Å². The normalized spacial score (nSPS) is 10.6. The van der Waals surface area contributed by atoms with Crippen molar-refractivity contribution in [2.24, 2.45) is 0 Å². The number of nitrogens with one attached hydrogen (secondary N) is 2. The molecule has 2 aromatic heterocycles. The molecule has 0 unspecified atom stereocenters. The number of amides is 1. The number of aryl methyl sites for hydroxylation is 2. The molecule has 0 aliphatic carbocycles. The van der Waals surface area contributed by atoms with Gasteiger partial charge in [-0.2, -0.15) is 0 Å². The maximum atomic E-state index is 11.4. The molecule has 0 spiro atoms. The Bertz CT molecular complexity index is 996. The highest BCUT2D eigenvalue weighted by Crippen LogP contribution is 2.34. The van der Waals surface area contributed by atoms with Crippen LogP contribution in [-0.2, 0) is 4.79 Å². The van der Waals surface area contributed by atoms with Crippen LogP contribution in [0.5, 0.6) is 0 Å². The van der Waals surface area contributed by atoms with E-state index in [9.17, 15) is 14.9 Å². The van der Waals surface area contributed by atoms with E-state index in [0.717, 1.165) is 22.5 Å². The SMILES string of the molecule is CC(=O)Nc1cc(C)c(-c2nc(-c3cccnc3)c(C)[nH]2)cc1[N+](=O)[O-]. The predicted octanol–water partition coefficient (Wildman–Crippen LogP) is 3.62. The lowest BCUT2D eigenvalue weighted by atomic mass is 10.1. The van der Waals surface area contributed by atoms with Crippen LogP contribution in [0.3, 0.4) is 0 Å². The molecule has 0 bridgehead atoms. The summed E-state index contributed by atoms with van der Waals surface area (Å²) in [5.74, 6) is 0.157. The smallest absolute Gasteiger partial charge is 0.293 e. The number of nitro groups is 1. The number of nitro benzene ring substituents is 1. The lowest BCUT2D eigenvalue weighted by Gasteiger charge is -2.08. The Morgan fingerprint density at radius 2 is 2.08 bits per heavy atom. The first kappa shape index (κ1) is 17.3. The lowest BCUT2D eigenvalue weighted by molar-refractivity contribution is -0.383. The van der Waals surface area contributed by atoms with Crippen molar-refractivity contribution in [2.75, 3.05) is 5.32 Å². The summed E-state index contributed by atoms with van der Waals surface area (Å²) < 4.78 is 0. The minimum absolute atomic E-state index is 0.166. The highest BCUT2D eigenvalue weighted by atomic mass is 16.6. The summed E-state index contributed by atoms with van der Waals surface area (Å²) in [6, 6.07) is 6.72. The molecular weight excluding hydrogens is 334 g/mol. The molecule has 0 fully saturated rings. The topological polar surface area (TPSA) is 114 Å². The molecule has 1 aromatic carbocycles. The first-order valence-corrected chi connectivity index (χ1v) is 7.91. The van der Waals surface area contributed by atoms with Gasteiger partial charge in [-0.1, -0.05) is 0 Å². The Hall–Kier alpha value is -3.55. The summed E-state index contributed by atoms with van der Waals surface area (Å²) in [6.45, 7) is 5.00. The maximum absolute atomic E-state index is 11.4. The van der Waals surface area contributed by atoms with Gasteiger partial charge in [-0.15, -0.1) is 0 Å². The molecule has 8 heteroatoms. The van der Waals surface area contributed by atoms with Crippen molar-refractivity contribution < 1.29 is 9.72 Å². The molecule has 1 amide bonds. The van der Waals surface area contributed by atoms with Crippen LogP contribution in [0.15, 0.2) is 36.7 Å². The van der Waals surface area contributed by atoms with Crippen LogP contribution in [0.2, 0.25) is 0 Å². The molecule has 0 aliphatic rings. The summed E-state index contributed by atoms with van der Waals surface area (Å²) in [5.41, 5.74) is 3.77. The minimum Gasteiger partial charge on any atom is -0.342 e. The molecule has 0 aliphatic heterocycles. The second-order valence-electron chi connectivity index (χ2n) is 5.92. The van der Waals surface area contributed by atoms with E-state index >= 15 is 0 Å². The van der Waals surface area contributed by atoms with Gasteiger partial charge in [0.05, 0.1) is 10.6 Å². The number of hydrogen-bond acceptors (Lipinski definition) is 5. The molecule has 3 aromatic rings. The molecule has 3 rings (SSSR count). The van der Waals surface area contributed by atoms with E-state index in [1.807, 2.05) is 26.0 Å². The van der Waals surface area contributed by atoms with Gasteiger partial charge in [0.25, 0.3) is 5.69 Å². The number of carbonyl (C=O) groups is 1. The minimum atomic E-state index is -0.522. The monoisotopic (exact) mass is 351 g/mol. The molecular formula is C18H17N5O3. The summed E-state index contributed by atoms with van der Waals surface area (Å²) in [7, 11) is 0. The van der Waals surface area contributed by atoms with Crippen molar-refractivity contribution in [3.05, 3.63) is 58.0 Å². The van der Waals surface area contributed by atoms with Crippen LogP contribution < -0.4 is 5.32 Å². The summed E-state index contributed by atoms with van der Waals surface area (Å²) in [5, 5.41) is 13.9. The van der Waals surface area contributed by atoms with Gasteiger partial charge in [-0.3, -0.25) is 19.9 Å². The van der Waals surface area contributed by atoms with Crippen molar-refractivity contribution in [1.29, 1.82) is 0 Å². The Kier molecular flexibility index (Phi) is 4.49. The van der Waals surface area contributed by atoms with E-state index in [4.69, 9.17) is 0 Å². The fourth-order valence-corrected chi connectivity index (χ4v) is 2.76. The number of aromatic amines is 1. The highest BCUT2D eigenvalue weighted by molar-refractivity contribution is 5.92. The molecule has 8 nitrogen and oxygen atoms in total. The zero-order chi connectivity index (χ0) is 18.8. The number of pyridine rings is 1. The Morgan fingerprint density at radius 1 is 1.31 bits per heavy atom. The Morgan fingerprint density at radius 3 is 2.69 bits per heavy atom. The quantitative estimate of drug-likeness (QED) is 0.550. The number of imidazole rings is 1. The lowest BCUT2D eigenvalue weighted by Crippen LogP contribution is -2.08. The van der Waals surface area contributed by atoms with E-state index in [0.29, 0.717) is 11.4 Å². The van der Waals surface area contributed by atoms with Crippen molar-refractivity contribution in [2.45, 2.75) is 20.8 Å². The molecule has 132 valence electrons. The molecule has 2 heterocycles. The first-order valence-electron chi connectivity index (χ1n) is 7.91. The number of nitrogens with zero attached hydrogens (tertiary/aromatic N) is 3. The number of hydrogen-bond donors (Lipinski definition) is 2.